The van der Waals surface area contributed by atoms with E-state index < -0.39 is 0 Å². The first kappa shape index (κ1) is 16.4. The van der Waals surface area contributed by atoms with Crippen molar-refractivity contribution in [2.24, 2.45) is 4.99 Å². The molecular weight excluding hydrogens is 338 g/mol. The van der Waals surface area contributed by atoms with E-state index in [0.29, 0.717) is 24.7 Å². The van der Waals surface area contributed by atoms with Crippen LogP contribution < -0.4 is 4.74 Å². The molecule has 5 nitrogen and oxygen atoms in total. The number of hydrogen-bond donors (Lipinski definition) is 0. The third kappa shape index (κ3) is 2.98. The summed E-state index contributed by atoms with van der Waals surface area (Å²) in [4.78, 5) is 21.0. The molecule has 6 heteroatoms. The van der Waals surface area contributed by atoms with Gasteiger partial charge in [-0.05, 0) is 18.0 Å². The van der Waals surface area contributed by atoms with Crippen LogP contribution in [0.5, 0.6) is 5.75 Å². The van der Waals surface area contributed by atoms with Crippen LogP contribution >= 0.6 is 11.6 Å². The predicted octanol–water partition coefficient (Wildman–Crippen LogP) is 3.62. The molecule has 0 N–H and O–H groups in total. The number of alkyl halides is 1. The number of amides is 1. The minimum absolute atomic E-state index is 0.101. The Kier molecular flexibility index (Phi) is 4.36. The molecule has 1 saturated heterocycles. The number of rotatable bonds is 2. The minimum atomic E-state index is -0.297. The van der Waals surface area contributed by atoms with E-state index in [9.17, 15) is 4.79 Å². The van der Waals surface area contributed by atoms with Crippen molar-refractivity contribution in [2.75, 3.05) is 39.1 Å². The lowest BCUT2D eigenvalue weighted by molar-refractivity contribution is 0.121. The highest BCUT2D eigenvalue weighted by Crippen LogP contribution is 2.43. The third-order valence-corrected chi connectivity index (χ3v) is 5.25. The molecule has 0 aromatic heterocycles. The maximum atomic E-state index is 12.6. The molecule has 2 heterocycles. The number of hydrogen-bond acceptors (Lipinski definition) is 4. The fourth-order valence-electron chi connectivity index (χ4n) is 3.44. The molecular formula is C19H20ClN3O2. The van der Waals surface area contributed by atoms with Crippen LogP contribution in [0, 0.1) is 0 Å². The van der Waals surface area contributed by atoms with Gasteiger partial charge in [0.1, 0.15) is 5.75 Å². The number of likely N-dealkylation sites (N-methyl/N-ethyl adjacent to an activating group) is 1. The molecule has 2 aromatic carbocycles. The lowest BCUT2D eigenvalue weighted by Gasteiger charge is -2.31. The second-order valence-electron chi connectivity index (χ2n) is 6.55. The maximum Gasteiger partial charge on any atom is 0.415 e. The van der Waals surface area contributed by atoms with Crippen molar-refractivity contribution in [3.63, 3.8) is 0 Å². The Morgan fingerprint density at radius 3 is 2.68 bits per heavy atom. The van der Waals surface area contributed by atoms with Crippen molar-refractivity contribution < 1.29 is 9.53 Å². The van der Waals surface area contributed by atoms with E-state index in [1.807, 2.05) is 36.5 Å². The van der Waals surface area contributed by atoms with Gasteiger partial charge in [-0.1, -0.05) is 24.3 Å². The average molecular weight is 358 g/mol. The number of benzene rings is 2. The SMILES string of the molecule is CN1CCN(C(=O)Oc2cc3c(c4ccccc24)[C@H](CCl)C=N3)CC1. The van der Waals surface area contributed by atoms with E-state index in [1.54, 1.807) is 4.90 Å². The molecule has 0 saturated carbocycles. The Morgan fingerprint density at radius 1 is 1.24 bits per heavy atom. The lowest BCUT2D eigenvalue weighted by atomic mass is 9.95. The zero-order valence-electron chi connectivity index (χ0n) is 14.1. The highest BCUT2D eigenvalue weighted by Gasteiger charge is 2.25. The monoisotopic (exact) mass is 357 g/mol. The molecule has 4 rings (SSSR count). The lowest BCUT2D eigenvalue weighted by Crippen LogP contribution is -2.48. The molecule has 130 valence electrons. The molecule has 0 unspecified atom stereocenters. The quantitative estimate of drug-likeness (QED) is 0.771. The normalized spacial score (nSPS) is 20.1. The van der Waals surface area contributed by atoms with Crippen molar-refractivity contribution >= 4 is 40.4 Å². The van der Waals surface area contributed by atoms with Gasteiger partial charge in [0, 0.05) is 55.6 Å². The molecule has 2 aromatic rings. The summed E-state index contributed by atoms with van der Waals surface area (Å²) in [6, 6.07) is 9.81. The Balaban J connectivity index is 1.68. The molecule has 1 atom stereocenters. The van der Waals surface area contributed by atoms with Crippen molar-refractivity contribution in [3.05, 3.63) is 35.9 Å². The highest BCUT2D eigenvalue weighted by atomic mass is 35.5. The van der Waals surface area contributed by atoms with E-state index >= 15 is 0 Å². The zero-order valence-corrected chi connectivity index (χ0v) is 14.9. The third-order valence-electron chi connectivity index (χ3n) is 4.92. The summed E-state index contributed by atoms with van der Waals surface area (Å²) in [7, 11) is 2.06. The second kappa shape index (κ2) is 6.65. The van der Waals surface area contributed by atoms with Gasteiger partial charge in [-0.3, -0.25) is 4.99 Å². The summed E-state index contributed by atoms with van der Waals surface area (Å²) in [5, 5.41) is 1.97. The van der Waals surface area contributed by atoms with Gasteiger partial charge in [0.2, 0.25) is 0 Å². The fraction of sp³-hybridized carbons (Fsp3) is 0.368. The summed E-state index contributed by atoms with van der Waals surface area (Å²) in [5.41, 5.74) is 1.95. The predicted molar refractivity (Wildman–Crippen MR) is 101 cm³/mol. The summed E-state index contributed by atoms with van der Waals surface area (Å²) < 4.78 is 5.76. The number of ether oxygens (including phenoxy) is 1. The van der Waals surface area contributed by atoms with Gasteiger partial charge in [-0.15, -0.1) is 11.6 Å². The molecule has 2 aliphatic heterocycles. The molecule has 0 radical (unpaired) electrons. The van der Waals surface area contributed by atoms with Crippen LogP contribution in [0.1, 0.15) is 11.5 Å². The van der Waals surface area contributed by atoms with E-state index in [4.69, 9.17) is 16.3 Å². The van der Waals surface area contributed by atoms with Gasteiger partial charge in [0.15, 0.2) is 0 Å². The van der Waals surface area contributed by atoms with Crippen LogP contribution in [-0.4, -0.2) is 61.2 Å². The Bertz CT molecular complexity index is 844. The number of piperazine rings is 1. The number of carbonyl (C=O) groups is 1. The summed E-state index contributed by atoms with van der Waals surface area (Å²) >= 11 is 6.09. The standard InChI is InChI=1S/C19H20ClN3O2/c1-22-6-8-23(9-7-22)19(24)25-17-10-16-18(13(11-20)12-21-16)15-5-3-2-4-14(15)17/h2-5,10,12-13H,6-9,11H2,1H3/t13-/m1/s1. The van der Waals surface area contributed by atoms with Crippen molar-refractivity contribution in [1.82, 2.24) is 9.80 Å². The van der Waals surface area contributed by atoms with E-state index in [0.717, 1.165) is 35.1 Å². The van der Waals surface area contributed by atoms with Crippen molar-refractivity contribution in [1.29, 1.82) is 0 Å². The number of fused-ring (bicyclic) bond motifs is 3. The van der Waals surface area contributed by atoms with Gasteiger partial charge in [-0.25, -0.2) is 4.79 Å². The molecule has 0 bridgehead atoms. The topological polar surface area (TPSA) is 45.1 Å². The number of nitrogens with zero attached hydrogens (tertiary/aromatic N) is 3. The van der Waals surface area contributed by atoms with E-state index in [2.05, 4.69) is 16.9 Å². The smallest absolute Gasteiger partial charge is 0.409 e. The summed E-state index contributed by atoms with van der Waals surface area (Å²) in [5.74, 6) is 1.15. The van der Waals surface area contributed by atoms with Crippen LogP contribution in [0.25, 0.3) is 10.8 Å². The van der Waals surface area contributed by atoms with Crippen LogP contribution in [-0.2, 0) is 0 Å². The first-order chi connectivity index (χ1) is 12.2. The zero-order chi connectivity index (χ0) is 17.4. The van der Waals surface area contributed by atoms with Crippen LogP contribution in [0.3, 0.4) is 0 Å². The fourth-order valence-corrected chi connectivity index (χ4v) is 3.67. The van der Waals surface area contributed by atoms with Crippen LogP contribution in [0.4, 0.5) is 10.5 Å². The molecule has 0 aliphatic carbocycles. The van der Waals surface area contributed by atoms with E-state index in [-0.39, 0.29) is 12.0 Å². The summed E-state index contributed by atoms with van der Waals surface area (Å²) in [6.07, 6.45) is 1.57. The van der Waals surface area contributed by atoms with Gasteiger partial charge < -0.3 is 14.5 Å². The maximum absolute atomic E-state index is 12.6. The van der Waals surface area contributed by atoms with Gasteiger partial charge in [0.05, 0.1) is 5.69 Å². The first-order valence-corrected chi connectivity index (χ1v) is 9.02. The van der Waals surface area contributed by atoms with Crippen molar-refractivity contribution in [2.45, 2.75) is 5.92 Å². The second-order valence-corrected chi connectivity index (χ2v) is 6.86. The minimum Gasteiger partial charge on any atom is -0.409 e. The van der Waals surface area contributed by atoms with Crippen LogP contribution in [0.15, 0.2) is 35.3 Å². The summed E-state index contributed by atoms with van der Waals surface area (Å²) in [6.45, 7) is 3.10. The largest absolute Gasteiger partial charge is 0.415 e. The Morgan fingerprint density at radius 2 is 1.96 bits per heavy atom. The molecule has 25 heavy (non-hydrogen) atoms. The number of halogens is 1. The van der Waals surface area contributed by atoms with Crippen LogP contribution in [0.2, 0.25) is 0 Å². The number of aliphatic imine (C=N–C) groups is 1. The van der Waals surface area contributed by atoms with Gasteiger partial charge in [-0.2, -0.15) is 0 Å². The molecule has 0 spiro atoms. The molecule has 2 aliphatic rings. The molecule has 1 fully saturated rings. The van der Waals surface area contributed by atoms with Crippen molar-refractivity contribution in [3.8, 4) is 5.75 Å². The van der Waals surface area contributed by atoms with Gasteiger partial charge in [0.25, 0.3) is 0 Å². The first-order valence-electron chi connectivity index (χ1n) is 8.48. The Labute approximate surface area is 151 Å². The molecule has 1 amide bonds. The Hall–Kier alpha value is -2.11. The van der Waals surface area contributed by atoms with E-state index in [1.165, 1.54) is 0 Å². The highest BCUT2D eigenvalue weighted by molar-refractivity contribution is 6.20. The number of carbonyl (C=O) groups excluding carboxylic acids is 1. The van der Waals surface area contributed by atoms with Gasteiger partial charge >= 0.3 is 6.09 Å². The average Bonchev–Trinajstić information content (AvgIpc) is 3.05.